The number of nitrogens with two attached hydrogens (primary N) is 1. The van der Waals surface area contributed by atoms with Gasteiger partial charge in [0.25, 0.3) is 5.91 Å². The number of carbonyl (C=O) groups excluding carboxylic acids is 2. The van der Waals surface area contributed by atoms with Crippen molar-refractivity contribution in [1.82, 2.24) is 9.80 Å². The second-order valence-electron chi connectivity index (χ2n) is 6.30. The van der Waals surface area contributed by atoms with Crippen LogP contribution in [0.3, 0.4) is 0 Å². The molecule has 2 amide bonds. The summed E-state index contributed by atoms with van der Waals surface area (Å²) in [4.78, 5) is 27.8. The van der Waals surface area contributed by atoms with Crippen LogP contribution in [0, 0.1) is 5.82 Å². The molecule has 1 aromatic carbocycles. The van der Waals surface area contributed by atoms with E-state index in [4.69, 9.17) is 5.73 Å². The average Bonchev–Trinajstić information content (AvgIpc) is 3.05. The SMILES string of the molecule is NC(=O)C1CCCN1C1CCN(C(=O)c2ccccc2F)CC1. The van der Waals surface area contributed by atoms with Crippen molar-refractivity contribution in [2.45, 2.75) is 37.8 Å². The fourth-order valence-electron chi connectivity index (χ4n) is 3.74. The molecule has 0 saturated carbocycles. The molecule has 2 heterocycles. The van der Waals surface area contributed by atoms with Crippen LogP contribution in [0.25, 0.3) is 0 Å². The number of amides is 2. The largest absolute Gasteiger partial charge is 0.368 e. The number of hydrogen-bond donors (Lipinski definition) is 1. The van der Waals surface area contributed by atoms with Gasteiger partial charge in [-0.1, -0.05) is 12.1 Å². The minimum absolute atomic E-state index is 0.127. The van der Waals surface area contributed by atoms with E-state index in [0.717, 1.165) is 32.2 Å². The van der Waals surface area contributed by atoms with E-state index in [-0.39, 0.29) is 29.5 Å². The van der Waals surface area contributed by atoms with Gasteiger partial charge in [-0.15, -0.1) is 0 Å². The predicted molar refractivity (Wildman–Crippen MR) is 84.2 cm³/mol. The van der Waals surface area contributed by atoms with Crippen LogP contribution in [-0.4, -0.2) is 53.3 Å². The quantitative estimate of drug-likeness (QED) is 0.915. The lowest BCUT2D eigenvalue weighted by Crippen LogP contribution is -2.51. The number of hydrogen-bond acceptors (Lipinski definition) is 3. The number of likely N-dealkylation sites (tertiary alicyclic amines) is 2. The molecule has 2 aliphatic heterocycles. The maximum absolute atomic E-state index is 13.8. The highest BCUT2D eigenvalue weighted by molar-refractivity contribution is 5.94. The monoisotopic (exact) mass is 319 g/mol. The fourth-order valence-corrected chi connectivity index (χ4v) is 3.74. The van der Waals surface area contributed by atoms with Crippen LogP contribution in [0.5, 0.6) is 0 Å². The number of piperidine rings is 1. The van der Waals surface area contributed by atoms with E-state index < -0.39 is 5.82 Å². The first-order valence-electron chi connectivity index (χ1n) is 8.17. The molecule has 2 fully saturated rings. The molecule has 1 aromatic rings. The van der Waals surface area contributed by atoms with Crippen LogP contribution in [0.15, 0.2) is 24.3 Å². The number of primary amides is 1. The van der Waals surface area contributed by atoms with Crippen molar-refractivity contribution in [3.05, 3.63) is 35.6 Å². The molecule has 2 saturated heterocycles. The van der Waals surface area contributed by atoms with Gasteiger partial charge in [0.2, 0.25) is 5.91 Å². The van der Waals surface area contributed by atoms with Gasteiger partial charge < -0.3 is 10.6 Å². The second-order valence-corrected chi connectivity index (χ2v) is 6.30. The van der Waals surface area contributed by atoms with Crippen molar-refractivity contribution in [2.75, 3.05) is 19.6 Å². The summed E-state index contributed by atoms with van der Waals surface area (Å²) in [6, 6.07) is 6.18. The third-order valence-corrected chi connectivity index (χ3v) is 4.95. The van der Waals surface area contributed by atoms with Crippen molar-refractivity contribution in [3.8, 4) is 0 Å². The van der Waals surface area contributed by atoms with Gasteiger partial charge in [0.15, 0.2) is 0 Å². The van der Waals surface area contributed by atoms with Crippen molar-refractivity contribution in [3.63, 3.8) is 0 Å². The molecule has 1 atom stereocenters. The van der Waals surface area contributed by atoms with Crippen LogP contribution in [0.4, 0.5) is 4.39 Å². The molecule has 0 bridgehead atoms. The van der Waals surface area contributed by atoms with E-state index in [0.29, 0.717) is 13.1 Å². The zero-order chi connectivity index (χ0) is 16.4. The van der Waals surface area contributed by atoms with E-state index in [9.17, 15) is 14.0 Å². The Morgan fingerprint density at radius 3 is 2.43 bits per heavy atom. The summed E-state index contributed by atoms with van der Waals surface area (Å²) in [6.07, 6.45) is 3.40. The van der Waals surface area contributed by atoms with Crippen molar-refractivity contribution in [1.29, 1.82) is 0 Å². The first-order chi connectivity index (χ1) is 11.1. The van der Waals surface area contributed by atoms with Crippen LogP contribution in [-0.2, 0) is 4.79 Å². The maximum atomic E-state index is 13.8. The predicted octanol–water partition coefficient (Wildman–Crippen LogP) is 1.38. The van der Waals surface area contributed by atoms with E-state index >= 15 is 0 Å². The number of carbonyl (C=O) groups is 2. The van der Waals surface area contributed by atoms with Gasteiger partial charge >= 0.3 is 0 Å². The molecule has 2 N–H and O–H groups in total. The van der Waals surface area contributed by atoms with E-state index in [1.54, 1.807) is 17.0 Å². The zero-order valence-corrected chi connectivity index (χ0v) is 13.1. The number of rotatable bonds is 3. The molecule has 5 nitrogen and oxygen atoms in total. The van der Waals surface area contributed by atoms with E-state index in [2.05, 4.69) is 4.90 Å². The highest BCUT2D eigenvalue weighted by Crippen LogP contribution is 2.26. The zero-order valence-electron chi connectivity index (χ0n) is 13.1. The Balaban J connectivity index is 1.61. The van der Waals surface area contributed by atoms with Gasteiger partial charge in [-0.3, -0.25) is 14.5 Å². The lowest BCUT2D eigenvalue weighted by atomic mass is 10.0. The Kier molecular flexibility index (Phi) is 4.61. The average molecular weight is 319 g/mol. The van der Waals surface area contributed by atoms with Crippen LogP contribution >= 0.6 is 0 Å². The molecular weight excluding hydrogens is 297 g/mol. The minimum Gasteiger partial charge on any atom is -0.368 e. The summed E-state index contributed by atoms with van der Waals surface area (Å²) >= 11 is 0. The number of nitrogens with zero attached hydrogens (tertiary/aromatic N) is 2. The van der Waals surface area contributed by atoms with Gasteiger partial charge in [0.1, 0.15) is 5.82 Å². The maximum Gasteiger partial charge on any atom is 0.256 e. The molecule has 2 aliphatic rings. The molecule has 1 unspecified atom stereocenters. The van der Waals surface area contributed by atoms with Crippen LogP contribution in [0.2, 0.25) is 0 Å². The third-order valence-electron chi connectivity index (χ3n) is 4.95. The molecular formula is C17H22FN3O2. The minimum atomic E-state index is -0.479. The topological polar surface area (TPSA) is 66.6 Å². The lowest BCUT2D eigenvalue weighted by Gasteiger charge is -2.38. The second kappa shape index (κ2) is 6.66. The van der Waals surface area contributed by atoms with Gasteiger partial charge in [-0.25, -0.2) is 4.39 Å². The van der Waals surface area contributed by atoms with E-state index in [1.165, 1.54) is 12.1 Å². The first kappa shape index (κ1) is 15.9. The van der Waals surface area contributed by atoms with Crippen LogP contribution in [0.1, 0.15) is 36.0 Å². The normalized spacial score (nSPS) is 23.2. The smallest absolute Gasteiger partial charge is 0.256 e. The lowest BCUT2D eigenvalue weighted by molar-refractivity contribution is -0.123. The Bertz CT molecular complexity index is 599. The fraction of sp³-hybridized carbons (Fsp3) is 0.529. The molecule has 124 valence electrons. The molecule has 23 heavy (non-hydrogen) atoms. The summed E-state index contributed by atoms with van der Waals surface area (Å²) in [7, 11) is 0. The molecule has 0 aliphatic carbocycles. The van der Waals surface area contributed by atoms with Gasteiger partial charge in [-0.2, -0.15) is 0 Å². The Morgan fingerprint density at radius 1 is 1.09 bits per heavy atom. The Labute approximate surface area is 135 Å². The highest BCUT2D eigenvalue weighted by Gasteiger charge is 2.36. The van der Waals surface area contributed by atoms with Gasteiger partial charge in [0, 0.05) is 19.1 Å². The summed E-state index contributed by atoms with van der Waals surface area (Å²) in [6.45, 7) is 2.05. The molecule has 0 spiro atoms. The summed E-state index contributed by atoms with van der Waals surface area (Å²) in [5.41, 5.74) is 5.60. The molecule has 3 rings (SSSR count). The van der Waals surface area contributed by atoms with E-state index in [1.807, 2.05) is 0 Å². The summed E-state index contributed by atoms with van der Waals surface area (Å²) in [5.74, 6) is -0.991. The highest BCUT2D eigenvalue weighted by atomic mass is 19.1. The number of halogens is 1. The van der Waals surface area contributed by atoms with Crippen molar-refractivity contribution < 1.29 is 14.0 Å². The Morgan fingerprint density at radius 2 is 1.78 bits per heavy atom. The van der Waals surface area contributed by atoms with Gasteiger partial charge in [-0.05, 0) is 44.4 Å². The first-order valence-corrected chi connectivity index (χ1v) is 8.17. The standard InChI is InChI=1S/C17H22FN3O2/c18-14-5-2-1-4-13(14)17(23)20-10-7-12(8-11-20)21-9-3-6-15(21)16(19)22/h1-2,4-5,12,15H,3,6-11H2,(H2,19,22). The van der Waals surface area contributed by atoms with Crippen molar-refractivity contribution in [2.24, 2.45) is 5.73 Å². The summed E-state index contributed by atoms with van der Waals surface area (Å²) < 4.78 is 13.8. The number of benzene rings is 1. The van der Waals surface area contributed by atoms with Gasteiger partial charge in [0.05, 0.1) is 11.6 Å². The van der Waals surface area contributed by atoms with Crippen LogP contribution < -0.4 is 5.73 Å². The van der Waals surface area contributed by atoms with Crippen molar-refractivity contribution >= 4 is 11.8 Å². The molecule has 6 heteroatoms. The summed E-state index contributed by atoms with van der Waals surface area (Å²) in [5, 5.41) is 0. The Hall–Kier alpha value is -1.95. The molecule has 0 radical (unpaired) electrons. The molecule has 0 aromatic heterocycles. The third kappa shape index (κ3) is 3.22.